The summed E-state index contributed by atoms with van der Waals surface area (Å²) < 4.78 is 13.0. The van der Waals surface area contributed by atoms with Crippen LogP contribution in [-0.4, -0.2) is 11.0 Å². The summed E-state index contributed by atoms with van der Waals surface area (Å²) in [4.78, 5) is 3.66. The van der Waals surface area contributed by atoms with Crippen LogP contribution in [0, 0.1) is 5.82 Å². The van der Waals surface area contributed by atoms with Gasteiger partial charge in [0.25, 0.3) is 0 Å². The van der Waals surface area contributed by atoms with E-state index in [1.807, 2.05) is 6.92 Å². The standard InChI is InChI=1S/C9H13FN2.ClH/c1-2-8(11)5-7-3-4-12-6-9(7)10;/h3-4,6,8H,2,5,11H2,1H3;1H. The molecule has 0 aliphatic heterocycles. The van der Waals surface area contributed by atoms with E-state index >= 15 is 0 Å². The monoisotopic (exact) mass is 204 g/mol. The fourth-order valence-corrected chi connectivity index (χ4v) is 0.996. The highest BCUT2D eigenvalue weighted by Crippen LogP contribution is 2.07. The number of hydrogen-bond acceptors (Lipinski definition) is 2. The third kappa shape index (κ3) is 3.70. The Kier molecular flexibility index (Phi) is 5.58. The van der Waals surface area contributed by atoms with Crippen molar-refractivity contribution < 1.29 is 4.39 Å². The number of hydrogen-bond donors (Lipinski definition) is 1. The highest BCUT2D eigenvalue weighted by atomic mass is 35.5. The number of pyridine rings is 1. The topological polar surface area (TPSA) is 38.9 Å². The Balaban J connectivity index is 0.00000144. The van der Waals surface area contributed by atoms with Gasteiger partial charge in [0.2, 0.25) is 0 Å². The molecular formula is C9H14ClFN2. The van der Waals surface area contributed by atoms with Gasteiger partial charge < -0.3 is 5.73 Å². The lowest BCUT2D eigenvalue weighted by Gasteiger charge is -2.08. The molecule has 74 valence electrons. The van der Waals surface area contributed by atoms with Crippen LogP contribution in [-0.2, 0) is 6.42 Å². The lowest BCUT2D eigenvalue weighted by atomic mass is 10.1. The van der Waals surface area contributed by atoms with E-state index in [1.165, 1.54) is 6.20 Å². The van der Waals surface area contributed by atoms with Crippen LogP contribution in [0.25, 0.3) is 0 Å². The summed E-state index contributed by atoms with van der Waals surface area (Å²) in [6.07, 6.45) is 4.26. The van der Waals surface area contributed by atoms with Gasteiger partial charge >= 0.3 is 0 Å². The first-order chi connectivity index (χ1) is 5.74. The summed E-state index contributed by atoms with van der Waals surface area (Å²) in [6.45, 7) is 1.99. The molecule has 2 nitrogen and oxygen atoms in total. The summed E-state index contributed by atoms with van der Waals surface area (Å²) in [5.41, 5.74) is 6.34. The molecule has 0 bridgehead atoms. The molecule has 0 radical (unpaired) electrons. The van der Waals surface area contributed by atoms with Gasteiger partial charge in [0, 0.05) is 12.2 Å². The minimum Gasteiger partial charge on any atom is -0.327 e. The lowest BCUT2D eigenvalue weighted by Crippen LogP contribution is -2.21. The van der Waals surface area contributed by atoms with Gasteiger partial charge in [-0.3, -0.25) is 4.98 Å². The normalized spacial score (nSPS) is 11.9. The molecule has 0 aromatic carbocycles. The molecule has 0 spiro atoms. The van der Waals surface area contributed by atoms with E-state index in [2.05, 4.69) is 4.98 Å². The van der Waals surface area contributed by atoms with Gasteiger partial charge in [-0.05, 0) is 24.5 Å². The van der Waals surface area contributed by atoms with Crippen molar-refractivity contribution in [2.75, 3.05) is 0 Å². The van der Waals surface area contributed by atoms with Crippen LogP contribution in [0.5, 0.6) is 0 Å². The van der Waals surface area contributed by atoms with Crippen LogP contribution in [0.2, 0.25) is 0 Å². The highest BCUT2D eigenvalue weighted by Gasteiger charge is 2.05. The average molecular weight is 205 g/mol. The third-order valence-electron chi connectivity index (χ3n) is 1.86. The van der Waals surface area contributed by atoms with Gasteiger partial charge in [0.15, 0.2) is 0 Å². The molecule has 1 unspecified atom stereocenters. The maximum absolute atomic E-state index is 13.0. The minimum absolute atomic E-state index is 0. The van der Waals surface area contributed by atoms with Crippen LogP contribution < -0.4 is 5.73 Å². The molecule has 2 N–H and O–H groups in total. The van der Waals surface area contributed by atoms with Crippen molar-refractivity contribution in [3.63, 3.8) is 0 Å². The first-order valence-electron chi connectivity index (χ1n) is 4.08. The van der Waals surface area contributed by atoms with Crippen LogP contribution in [0.3, 0.4) is 0 Å². The highest BCUT2D eigenvalue weighted by molar-refractivity contribution is 5.85. The Morgan fingerprint density at radius 2 is 2.31 bits per heavy atom. The van der Waals surface area contributed by atoms with Gasteiger partial charge in [-0.25, -0.2) is 4.39 Å². The van der Waals surface area contributed by atoms with Crippen molar-refractivity contribution in [3.05, 3.63) is 29.8 Å². The maximum atomic E-state index is 13.0. The summed E-state index contributed by atoms with van der Waals surface area (Å²) in [6, 6.07) is 1.71. The van der Waals surface area contributed by atoms with Crippen LogP contribution in [0.1, 0.15) is 18.9 Å². The van der Waals surface area contributed by atoms with E-state index < -0.39 is 0 Å². The van der Waals surface area contributed by atoms with Crippen molar-refractivity contribution in [3.8, 4) is 0 Å². The van der Waals surface area contributed by atoms with Crippen LogP contribution in [0.4, 0.5) is 4.39 Å². The predicted molar refractivity (Wildman–Crippen MR) is 53.4 cm³/mol. The third-order valence-corrected chi connectivity index (χ3v) is 1.86. The Bertz CT molecular complexity index is 255. The van der Waals surface area contributed by atoms with Crippen LogP contribution in [0.15, 0.2) is 18.5 Å². The Hall–Kier alpha value is -0.670. The second-order valence-electron chi connectivity index (χ2n) is 2.84. The van der Waals surface area contributed by atoms with Gasteiger partial charge in [0.1, 0.15) is 5.82 Å². The second kappa shape index (κ2) is 5.89. The second-order valence-corrected chi connectivity index (χ2v) is 2.84. The van der Waals surface area contributed by atoms with Crippen molar-refractivity contribution >= 4 is 12.4 Å². The molecule has 0 amide bonds. The molecule has 1 aromatic heterocycles. The zero-order valence-corrected chi connectivity index (χ0v) is 8.35. The van der Waals surface area contributed by atoms with E-state index in [1.54, 1.807) is 12.3 Å². The van der Waals surface area contributed by atoms with E-state index in [4.69, 9.17) is 5.73 Å². The zero-order chi connectivity index (χ0) is 8.97. The van der Waals surface area contributed by atoms with Crippen molar-refractivity contribution in [2.24, 2.45) is 5.73 Å². The van der Waals surface area contributed by atoms with Gasteiger partial charge in [-0.2, -0.15) is 0 Å². The average Bonchev–Trinajstić information content (AvgIpc) is 2.09. The van der Waals surface area contributed by atoms with Crippen molar-refractivity contribution in [1.29, 1.82) is 0 Å². The van der Waals surface area contributed by atoms with Crippen LogP contribution >= 0.6 is 12.4 Å². The van der Waals surface area contributed by atoms with Crippen molar-refractivity contribution in [1.82, 2.24) is 4.98 Å². The number of nitrogens with zero attached hydrogens (tertiary/aromatic N) is 1. The largest absolute Gasteiger partial charge is 0.327 e. The molecule has 1 atom stereocenters. The SMILES string of the molecule is CCC(N)Cc1ccncc1F.Cl. The van der Waals surface area contributed by atoms with E-state index in [9.17, 15) is 4.39 Å². The molecule has 1 rings (SSSR count). The summed E-state index contributed by atoms with van der Waals surface area (Å²) in [5, 5.41) is 0. The molecule has 1 aromatic rings. The van der Waals surface area contributed by atoms with Gasteiger partial charge in [-0.15, -0.1) is 12.4 Å². The molecule has 0 saturated heterocycles. The molecule has 1 heterocycles. The van der Waals surface area contributed by atoms with Gasteiger partial charge in [-0.1, -0.05) is 6.92 Å². The first kappa shape index (κ1) is 12.3. The lowest BCUT2D eigenvalue weighted by molar-refractivity contribution is 0.574. The fraction of sp³-hybridized carbons (Fsp3) is 0.444. The molecule has 0 saturated carbocycles. The van der Waals surface area contributed by atoms with Gasteiger partial charge in [0.05, 0.1) is 6.20 Å². The Morgan fingerprint density at radius 1 is 1.62 bits per heavy atom. The molecular weight excluding hydrogens is 191 g/mol. The molecule has 4 heteroatoms. The minimum atomic E-state index is -0.263. The number of rotatable bonds is 3. The summed E-state index contributed by atoms with van der Waals surface area (Å²) >= 11 is 0. The molecule has 0 fully saturated rings. The molecule has 13 heavy (non-hydrogen) atoms. The Labute approximate surface area is 83.8 Å². The maximum Gasteiger partial charge on any atom is 0.144 e. The van der Waals surface area contributed by atoms with Crippen molar-refractivity contribution in [2.45, 2.75) is 25.8 Å². The summed E-state index contributed by atoms with van der Waals surface area (Å²) in [7, 11) is 0. The fourth-order valence-electron chi connectivity index (χ4n) is 0.996. The van der Waals surface area contributed by atoms with E-state index in [-0.39, 0.29) is 24.3 Å². The van der Waals surface area contributed by atoms with E-state index in [0.29, 0.717) is 12.0 Å². The first-order valence-corrected chi connectivity index (χ1v) is 4.08. The zero-order valence-electron chi connectivity index (χ0n) is 7.53. The smallest absolute Gasteiger partial charge is 0.144 e. The Morgan fingerprint density at radius 3 is 2.85 bits per heavy atom. The number of halogens is 2. The van der Waals surface area contributed by atoms with E-state index in [0.717, 1.165) is 6.42 Å². The molecule has 0 aliphatic carbocycles. The predicted octanol–water partition coefficient (Wildman–Crippen LogP) is 1.92. The number of nitrogens with two attached hydrogens (primary N) is 1. The summed E-state index contributed by atoms with van der Waals surface area (Å²) in [5.74, 6) is -0.263. The quantitative estimate of drug-likeness (QED) is 0.817. The molecule has 0 aliphatic rings. The number of aromatic nitrogens is 1.